The highest BCUT2D eigenvalue weighted by atomic mass is 19.1. The van der Waals surface area contributed by atoms with Crippen LogP contribution in [0.4, 0.5) is 10.1 Å². The van der Waals surface area contributed by atoms with Crippen molar-refractivity contribution in [1.82, 2.24) is 15.4 Å². The Balaban J connectivity index is 2.24. The van der Waals surface area contributed by atoms with E-state index in [-0.39, 0.29) is 17.7 Å². The quantitative estimate of drug-likeness (QED) is 0.285. The first-order valence-corrected chi connectivity index (χ1v) is 7.73. The summed E-state index contributed by atoms with van der Waals surface area (Å²) in [4.78, 5) is 8.05. The maximum atomic E-state index is 13.7. The number of aromatic nitrogens is 1. The molecule has 0 amide bonds. The summed E-state index contributed by atoms with van der Waals surface area (Å²) in [5.41, 5.74) is -1.03. The molecule has 1 aliphatic heterocycles. The van der Waals surface area contributed by atoms with Crippen LogP contribution in [0.3, 0.4) is 0 Å². The van der Waals surface area contributed by atoms with Crippen LogP contribution in [-0.2, 0) is 5.21 Å². The zero-order valence-electron chi connectivity index (χ0n) is 14.3. The molecule has 1 aliphatic rings. The van der Waals surface area contributed by atoms with Gasteiger partial charge in [-0.2, -0.15) is 9.65 Å². The highest BCUT2D eigenvalue weighted by Gasteiger charge is 2.46. The Hall–Kier alpha value is -2.24. The number of guanidine groups is 1. The van der Waals surface area contributed by atoms with Gasteiger partial charge in [0.15, 0.2) is 6.19 Å². The van der Waals surface area contributed by atoms with Gasteiger partial charge in [-0.15, -0.1) is 10.3 Å². The molecule has 1 saturated heterocycles. The first-order chi connectivity index (χ1) is 11.2. The van der Waals surface area contributed by atoms with Crippen LogP contribution in [0.2, 0.25) is 0 Å². The molecule has 0 unspecified atom stereocenters. The van der Waals surface area contributed by atoms with Crippen molar-refractivity contribution in [3.8, 4) is 6.19 Å². The smallest absolute Gasteiger partial charge is 0.236 e. The van der Waals surface area contributed by atoms with Crippen LogP contribution < -0.4 is 10.6 Å². The number of pyridine rings is 1. The summed E-state index contributed by atoms with van der Waals surface area (Å²) in [6.07, 6.45) is 4.20. The molecule has 8 heteroatoms. The van der Waals surface area contributed by atoms with E-state index in [1.165, 1.54) is 12.3 Å². The Morgan fingerprint density at radius 1 is 1.42 bits per heavy atom. The molecule has 0 saturated carbocycles. The molecule has 1 aromatic heterocycles. The number of nitrogens with zero attached hydrogens (tertiary/aromatic N) is 4. The number of halogens is 1. The van der Waals surface area contributed by atoms with Crippen LogP contribution >= 0.6 is 0 Å². The topological polar surface area (TPSA) is 96.2 Å². The summed E-state index contributed by atoms with van der Waals surface area (Å²) >= 11 is 0. The van der Waals surface area contributed by atoms with Gasteiger partial charge in [-0.3, -0.25) is 5.32 Å². The lowest BCUT2D eigenvalue weighted by Crippen LogP contribution is -2.59. The number of nitriles is 1. The number of hydroxylamine groups is 2. The highest BCUT2D eigenvalue weighted by molar-refractivity contribution is 5.94. The van der Waals surface area contributed by atoms with Crippen LogP contribution in [0.25, 0.3) is 0 Å². The van der Waals surface area contributed by atoms with Gasteiger partial charge in [-0.1, -0.05) is 0 Å². The standard InChI is InChI=1S/C16H22FN6O/c1-15(2)8-11(9-16(3,4)23(15)24)21-14(20-10-18)22-12-6-5-7-19-13(12)17/h5-7,11H,8-9H2,1-4H3,(H2,20,21,22). The van der Waals surface area contributed by atoms with E-state index in [0.717, 1.165) is 5.06 Å². The van der Waals surface area contributed by atoms with E-state index in [4.69, 9.17) is 5.26 Å². The van der Waals surface area contributed by atoms with Gasteiger partial charge in [0.25, 0.3) is 0 Å². The second-order valence-corrected chi connectivity index (χ2v) is 7.16. The maximum Gasteiger partial charge on any atom is 0.236 e. The zero-order chi connectivity index (χ0) is 18.0. The average molecular weight is 333 g/mol. The van der Waals surface area contributed by atoms with Crippen molar-refractivity contribution >= 4 is 11.6 Å². The largest absolute Gasteiger partial charge is 0.322 e. The van der Waals surface area contributed by atoms with Crippen LogP contribution in [0.1, 0.15) is 40.5 Å². The third-order valence-electron chi connectivity index (χ3n) is 4.07. The second kappa shape index (κ2) is 6.71. The fourth-order valence-electron chi connectivity index (χ4n) is 3.24. The van der Waals surface area contributed by atoms with Crippen molar-refractivity contribution < 1.29 is 9.60 Å². The van der Waals surface area contributed by atoms with Gasteiger partial charge in [0, 0.05) is 17.3 Å². The Bertz CT molecular complexity index is 649. The second-order valence-electron chi connectivity index (χ2n) is 7.16. The summed E-state index contributed by atoms with van der Waals surface area (Å²) in [6, 6.07) is 2.91. The summed E-state index contributed by atoms with van der Waals surface area (Å²) in [7, 11) is 0. The predicted octanol–water partition coefficient (Wildman–Crippen LogP) is 2.43. The van der Waals surface area contributed by atoms with E-state index in [1.54, 1.807) is 12.3 Å². The minimum atomic E-state index is -0.681. The molecule has 7 nitrogen and oxygen atoms in total. The molecular formula is C16H22FN6O. The molecular weight excluding hydrogens is 311 g/mol. The molecule has 2 rings (SSSR count). The minimum absolute atomic E-state index is 0.124. The molecule has 0 aromatic carbocycles. The lowest BCUT2D eigenvalue weighted by atomic mass is 9.79. The normalized spacial score (nSPS) is 21.1. The lowest BCUT2D eigenvalue weighted by molar-refractivity contribution is -0.288. The van der Waals surface area contributed by atoms with Crippen molar-refractivity contribution in [2.45, 2.75) is 57.7 Å². The minimum Gasteiger partial charge on any atom is -0.322 e. The molecule has 129 valence electrons. The van der Waals surface area contributed by atoms with Gasteiger partial charge < -0.3 is 5.32 Å². The van der Waals surface area contributed by atoms with Crippen molar-refractivity contribution in [3.63, 3.8) is 0 Å². The maximum absolute atomic E-state index is 13.7. The van der Waals surface area contributed by atoms with E-state index in [9.17, 15) is 9.60 Å². The van der Waals surface area contributed by atoms with E-state index in [0.29, 0.717) is 12.8 Å². The third-order valence-corrected chi connectivity index (χ3v) is 4.07. The highest BCUT2D eigenvalue weighted by Crippen LogP contribution is 2.38. The van der Waals surface area contributed by atoms with Gasteiger partial charge in [-0.05, 0) is 52.7 Å². The fourth-order valence-corrected chi connectivity index (χ4v) is 3.24. The van der Waals surface area contributed by atoms with Crippen molar-refractivity contribution in [1.29, 1.82) is 5.26 Å². The Morgan fingerprint density at radius 2 is 2.04 bits per heavy atom. The van der Waals surface area contributed by atoms with Crippen LogP contribution in [0, 0.1) is 17.4 Å². The molecule has 0 atom stereocenters. The van der Waals surface area contributed by atoms with Gasteiger partial charge >= 0.3 is 0 Å². The van der Waals surface area contributed by atoms with E-state index < -0.39 is 17.0 Å². The third kappa shape index (κ3) is 3.99. The number of rotatable bonds is 2. The summed E-state index contributed by atoms with van der Waals surface area (Å²) in [6.45, 7) is 7.48. The molecule has 2 heterocycles. The van der Waals surface area contributed by atoms with Crippen molar-refractivity contribution in [2.75, 3.05) is 5.32 Å². The zero-order valence-corrected chi connectivity index (χ0v) is 14.3. The SMILES string of the molecule is CC1(C)CC(N=C(NC#N)Nc2cccnc2F)CC(C)(C)N1[O]. The Kier molecular flexibility index (Phi) is 5.06. The summed E-state index contributed by atoms with van der Waals surface area (Å²) in [5.74, 6) is -0.541. The first kappa shape index (κ1) is 18.1. The summed E-state index contributed by atoms with van der Waals surface area (Å²) < 4.78 is 13.7. The number of aliphatic imine (C=N–C) groups is 1. The molecule has 1 fully saturated rings. The molecule has 24 heavy (non-hydrogen) atoms. The average Bonchev–Trinajstić information content (AvgIpc) is 2.47. The molecule has 0 aliphatic carbocycles. The van der Waals surface area contributed by atoms with E-state index >= 15 is 0 Å². The first-order valence-electron chi connectivity index (χ1n) is 7.73. The van der Waals surface area contributed by atoms with Crippen molar-refractivity contribution in [3.05, 3.63) is 24.3 Å². The monoisotopic (exact) mass is 333 g/mol. The van der Waals surface area contributed by atoms with Crippen LogP contribution in [0.15, 0.2) is 23.3 Å². The van der Waals surface area contributed by atoms with Crippen LogP contribution in [-0.4, -0.2) is 33.1 Å². The number of hydrogen-bond acceptors (Lipinski definition) is 4. The Morgan fingerprint density at radius 3 is 2.58 bits per heavy atom. The van der Waals surface area contributed by atoms with Crippen molar-refractivity contribution in [2.24, 2.45) is 4.99 Å². The fraction of sp³-hybridized carbons (Fsp3) is 0.562. The molecule has 1 radical (unpaired) electrons. The number of hydrogen-bond donors (Lipinski definition) is 2. The molecule has 0 spiro atoms. The van der Waals surface area contributed by atoms with E-state index in [2.05, 4.69) is 20.6 Å². The van der Waals surface area contributed by atoms with Gasteiger partial charge in [0.1, 0.15) is 0 Å². The van der Waals surface area contributed by atoms with Gasteiger partial charge in [-0.25, -0.2) is 9.98 Å². The predicted molar refractivity (Wildman–Crippen MR) is 87.7 cm³/mol. The number of anilines is 1. The molecule has 0 bridgehead atoms. The lowest BCUT2D eigenvalue weighted by Gasteiger charge is -2.48. The number of piperidine rings is 1. The number of nitrogens with one attached hydrogen (secondary N) is 2. The van der Waals surface area contributed by atoms with Gasteiger partial charge in [0.05, 0.1) is 11.7 Å². The van der Waals surface area contributed by atoms with Crippen LogP contribution in [0.5, 0.6) is 0 Å². The molecule has 1 aromatic rings. The van der Waals surface area contributed by atoms with Gasteiger partial charge in [0.2, 0.25) is 11.9 Å². The summed E-state index contributed by atoms with van der Waals surface area (Å²) in [5, 5.41) is 27.6. The van der Waals surface area contributed by atoms with E-state index in [1.807, 2.05) is 27.7 Å². The Labute approximate surface area is 141 Å². The molecule has 2 N–H and O–H groups in total.